The maximum absolute atomic E-state index is 13.4. The average Bonchev–Trinajstić information content (AvgIpc) is 3.29. The third kappa shape index (κ3) is 4.45. The molecule has 1 atom stereocenters. The van der Waals surface area contributed by atoms with Crippen LogP contribution in [0.4, 0.5) is 0 Å². The smallest absolute Gasteiger partial charge is 0.253 e. The van der Waals surface area contributed by atoms with Crippen molar-refractivity contribution in [3.8, 4) is 11.5 Å². The van der Waals surface area contributed by atoms with Gasteiger partial charge in [0, 0.05) is 43.2 Å². The van der Waals surface area contributed by atoms with Crippen LogP contribution < -0.4 is 15.0 Å². The summed E-state index contributed by atoms with van der Waals surface area (Å²) < 4.78 is 12.7. The molecule has 0 aliphatic carbocycles. The Hall–Kier alpha value is -2.98. The second-order valence-corrected chi connectivity index (χ2v) is 9.34. The van der Waals surface area contributed by atoms with Crippen LogP contribution in [0.25, 0.3) is 10.9 Å². The maximum atomic E-state index is 13.4. The molecule has 1 fully saturated rings. The summed E-state index contributed by atoms with van der Waals surface area (Å²) in [5.41, 5.74) is 0.801. The van der Waals surface area contributed by atoms with Gasteiger partial charge < -0.3 is 19.4 Å². The van der Waals surface area contributed by atoms with Gasteiger partial charge in [0.05, 0.1) is 25.3 Å². The molecular weight excluding hydrogens is 422 g/mol. The van der Waals surface area contributed by atoms with Crippen LogP contribution in [0.5, 0.6) is 11.5 Å². The van der Waals surface area contributed by atoms with E-state index in [1.54, 1.807) is 20.3 Å². The van der Waals surface area contributed by atoms with E-state index in [9.17, 15) is 4.79 Å². The number of fused-ring (bicyclic) bond motifs is 1. The number of aromatic nitrogens is 5. The van der Waals surface area contributed by atoms with Crippen LogP contribution in [0, 0.1) is 0 Å². The number of hydrogen-bond donors (Lipinski definition) is 1. The molecule has 1 N–H and O–H groups in total. The molecule has 1 aromatic carbocycles. The summed E-state index contributed by atoms with van der Waals surface area (Å²) in [5.74, 6) is 1.84. The molecule has 10 nitrogen and oxygen atoms in total. The third-order valence-electron chi connectivity index (χ3n) is 6.26. The zero-order chi connectivity index (χ0) is 23.8. The summed E-state index contributed by atoms with van der Waals surface area (Å²) in [4.78, 5) is 21.2. The number of nitrogens with one attached hydrogen (secondary N) is 1. The lowest BCUT2D eigenvalue weighted by Gasteiger charge is -2.39. The van der Waals surface area contributed by atoms with Crippen LogP contribution >= 0.6 is 0 Å². The lowest BCUT2D eigenvalue weighted by molar-refractivity contribution is 0.105. The molecule has 2 aromatic heterocycles. The molecule has 0 saturated carbocycles. The summed E-state index contributed by atoms with van der Waals surface area (Å²) in [6.45, 7) is 12.8. The van der Waals surface area contributed by atoms with Crippen molar-refractivity contribution < 1.29 is 9.47 Å². The lowest BCUT2D eigenvalue weighted by atomic mass is 10.0. The van der Waals surface area contributed by atoms with E-state index in [0.717, 1.165) is 38.1 Å². The quantitative estimate of drug-likeness (QED) is 0.602. The SMILES string of the molecule is CCN1CCN([C@H](c2cc3cc(OC)c(OC)cc3[nH]c2=O)c2nnnn2C(C)(C)C)CC1. The molecule has 178 valence electrons. The average molecular weight is 456 g/mol. The van der Waals surface area contributed by atoms with Crippen molar-refractivity contribution in [2.45, 2.75) is 39.3 Å². The summed E-state index contributed by atoms with van der Waals surface area (Å²) in [5, 5.41) is 13.5. The van der Waals surface area contributed by atoms with Gasteiger partial charge in [0.25, 0.3) is 5.56 Å². The number of benzene rings is 1. The van der Waals surface area contributed by atoms with Gasteiger partial charge in [-0.2, -0.15) is 0 Å². The number of nitrogens with zero attached hydrogens (tertiary/aromatic N) is 6. The maximum Gasteiger partial charge on any atom is 0.253 e. The van der Waals surface area contributed by atoms with Gasteiger partial charge in [-0.05, 0) is 49.9 Å². The Bertz CT molecular complexity index is 1170. The molecule has 3 heterocycles. The number of piperazine rings is 1. The van der Waals surface area contributed by atoms with Gasteiger partial charge in [0.15, 0.2) is 17.3 Å². The number of likely N-dealkylation sites (N-methyl/N-ethyl adjacent to an activating group) is 1. The molecule has 10 heteroatoms. The van der Waals surface area contributed by atoms with E-state index >= 15 is 0 Å². The van der Waals surface area contributed by atoms with E-state index in [1.165, 1.54) is 0 Å². The van der Waals surface area contributed by atoms with Crippen LogP contribution in [-0.2, 0) is 5.54 Å². The van der Waals surface area contributed by atoms with E-state index < -0.39 is 0 Å². The fourth-order valence-corrected chi connectivity index (χ4v) is 4.43. The second-order valence-electron chi connectivity index (χ2n) is 9.34. The van der Waals surface area contributed by atoms with Crippen LogP contribution in [0.1, 0.15) is 45.1 Å². The van der Waals surface area contributed by atoms with Gasteiger partial charge in [-0.3, -0.25) is 9.69 Å². The monoisotopic (exact) mass is 455 g/mol. The Morgan fingerprint density at radius 2 is 1.73 bits per heavy atom. The highest BCUT2D eigenvalue weighted by Crippen LogP contribution is 2.34. The molecule has 0 spiro atoms. The van der Waals surface area contributed by atoms with Gasteiger partial charge in [-0.25, -0.2) is 4.68 Å². The molecule has 3 aromatic rings. The largest absolute Gasteiger partial charge is 0.493 e. The Labute approximate surface area is 193 Å². The fraction of sp³-hybridized carbons (Fsp3) is 0.565. The summed E-state index contributed by atoms with van der Waals surface area (Å²) in [6, 6.07) is 5.22. The van der Waals surface area contributed by atoms with Crippen LogP contribution in [0.15, 0.2) is 23.0 Å². The predicted molar refractivity (Wildman–Crippen MR) is 126 cm³/mol. The van der Waals surface area contributed by atoms with Crippen molar-refractivity contribution >= 4 is 10.9 Å². The van der Waals surface area contributed by atoms with Gasteiger partial charge in [-0.15, -0.1) is 5.10 Å². The number of aromatic amines is 1. The van der Waals surface area contributed by atoms with Crippen molar-refractivity contribution in [2.75, 3.05) is 46.9 Å². The molecule has 0 radical (unpaired) electrons. The number of methoxy groups -OCH3 is 2. The van der Waals surface area contributed by atoms with Crippen LogP contribution in [0.2, 0.25) is 0 Å². The van der Waals surface area contributed by atoms with Crippen LogP contribution in [0.3, 0.4) is 0 Å². The van der Waals surface area contributed by atoms with Gasteiger partial charge >= 0.3 is 0 Å². The Morgan fingerprint density at radius 1 is 1.06 bits per heavy atom. The topological polar surface area (TPSA) is 101 Å². The third-order valence-corrected chi connectivity index (χ3v) is 6.26. The standard InChI is InChI=1S/C23H33N7O3/c1-7-28-8-10-29(11-9-28)20(21-25-26-27-30(21)23(2,3)4)16-12-15-13-18(32-5)19(33-6)14-17(15)24-22(16)31/h12-14,20H,7-11H2,1-6H3,(H,24,31)/t20-/m1/s1. The zero-order valence-electron chi connectivity index (χ0n) is 20.3. The number of tetrazole rings is 1. The first-order valence-electron chi connectivity index (χ1n) is 11.3. The minimum atomic E-state index is -0.375. The molecule has 4 rings (SSSR count). The Kier molecular flexibility index (Phi) is 6.40. The highest BCUT2D eigenvalue weighted by atomic mass is 16.5. The lowest BCUT2D eigenvalue weighted by Crippen LogP contribution is -2.49. The first kappa shape index (κ1) is 23.2. The Morgan fingerprint density at radius 3 is 2.33 bits per heavy atom. The molecule has 1 aliphatic heterocycles. The van der Waals surface area contributed by atoms with Gasteiger partial charge in [0.2, 0.25) is 0 Å². The molecule has 0 amide bonds. The zero-order valence-corrected chi connectivity index (χ0v) is 20.3. The van der Waals surface area contributed by atoms with Gasteiger partial charge in [0.1, 0.15) is 6.04 Å². The first-order chi connectivity index (χ1) is 15.8. The van der Waals surface area contributed by atoms with Crippen molar-refractivity contribution in [1.29, 1.82) is 0 Å². The molecule has 1 saturated heterocycles. The van der Waals surface area contributed by atoms with E-state index in [0.29, 0.717) is 28.4 Å². The molecule has 0 unspecified atom stereocenters. The van der Waals surface area contributed by atoms with E-state index in [1.807, 2.05) is 16.8 Å². The number of ether oxygens (including phenoxy) is 2. The normalized spacial score (nSPS) is 16.8. The molecule has 1 aliphatic rings. The summed E-state index contributed by atoms with van der Waals surface area (Å²) >= 11 is 0. The van der Waals surface area contributed by atoms with Gasteiger partial charge in [-0.1, -0.05) is 6.92 Å². The minimum absolute atomic E-state index is 0.166. The predicted octanol–water partition coefficient (Wildman–Crippen LogP) is 2.01. The molecular formula is C23H33N7O3. The van der Waals surface area contributed by atoms with E-state index in [-0.39, 0.29) is 17.1 Å². The summed E-state index contributed by atoms with van der Waals surface area (Å²) in [7, 11) is 3.18. The fourth-order valence-electron chi connectivity index (χ4n) is 4.43. The van der Waals surface area contributed by atoms with E-state index in [4.69, 9.17) is 9.47 Å². The molecule has 33 heavy (non-hydrogen) atoms. The number of H-pyrrole nitrogens is 1. The van der Waals surface area contributed by atoms with E-state index in [2.05, 4.69) is 58.0 Å². The van der Waals surface area contributed by atoms with Crippen molar-refractivity contribution in [3.63, 3.8) is 0 Å². The first-order valence-corrected chi connectivity index (χ1v) is 11.3. The molecule has 0 bridgehead atoms. The van der Waals surface area contributed by atoms with Crippen molar-refractivity contribution in [1.82, 2.24) is 35.0 Å². The minimum Gasteiger partial charge on any atom is -0.493 e. The second kappa shape index (κ2) is 9.11. The highest BCUT2D eigenvalue weighted by Gasteiger charge is 2.34. The van der Waals surface area contributed by atoms with Crippen molar-refractivity contribution in [2.24, 2.45) is 0 Å². The highest BCUT2D eigenvalue weighted by molar-refractivity contribution is 5.83. The Balaban J connectivity index is 1.88. The number of rotatable bonds is 6. The van der Waals surface area contributed by atoms with Crippen LogP contribution in [-0.4, -0.2) is 81.9 Å². The van der Waals surface area contributed by atoms with Crippen molar-refractivity contribution in [3.05, 3.63) is 39.9 Å². The number of pyridine rings is 1. The number of hydrogen-bond acceptors (Lipinski definition) is 8. The summed E-state index contributed by atoms with van der Waals surface area (Å²) in [6.07, 6.45) is 0.